The molecule has 0 spiro atoms. The summed E-state index contributed by atoms with van der Waals surface area (Å²) in [5.74, 6) is 4.69. The van der Waals surface area contributed by atoms with E-state index in [0.717, 1.165) is 18.4 Å². The summed E-state index contributed by atoms with van der Waals surface area (Å²) < 4.78 is 3.28. The third-order valence-corrected chi connectivity index (χ3v) is 2.75. The molecular weight excluding hydrogens is 256 g/mol. The lowest BCUT2D eigenvalue weighted by atomic mass is 10.2. The maximum atomic E-state index is 11.2. The minimum Gasteiger partial charge on any atom is -0.476 e. The first-order valence-electron chi connectivity index (χ1n) is 6.41. The van der Waals surface area contributed by atoms with Crippen LogP contribution in [-0.2, 0) is 13.6 Å². The fourth-order valence-electron chi connectivity index (χ4n) is 1.73. The number of nitrogens with zero attached hydrogens (tertiary/aromatic N) is 4. The van der Waals surface area contributed by atoms with Crippen molar-refractivity contribution in [3.8, 4) is 11.8 Å². The molecule has 1 N–H and O–H groups in total. The number of carbonyl (C=O) groups is 1. The fraction of sp³-hybridized carbons (Fsp3) is 0.357. The number of rotatable bonds is 4. The molecule has 0 bridgehead atoms. The zero-order valence-electron chi connectivity index (χ0n) is 11.5. The lowest BCUT2D eigenvalue weighted by molar-refractivity contribution is 0.0689. The Labute approximate surface area is 117 Å². The fourth-order valence-corrected chi connectivity index (χ4v) is 1.73. The molecule has 6 nitrogen and oxygen atoms in total. The molecule has 0 radical (unpaired) electrons. The minimum atomic E-state index is -1.06. The van der Waals surface area contributed by atoms with Gasteiger partial charge in [0.2, 0.25) is 0 Å². The molecule has 0 saturated carbocycles. The van der Waals surface area contributed by atoms with E-state index in [9.17, 15) is 4.79 Å². The van der Waals surface area contributed by atoms with Gasteiger partial charge in [0.1, 0.15) is 0 Å². The molecule has 2 heterocycles. The maximum absolute atomic E-state index is 11.2. The Morgan fingerprint density at radius 2 is 2.20 bits per heavy atom. The number of aromatic carboxylic acids is 1. The Morgan fingerprint density at radius 1 is 1.40 bits per heavy atom. The van der Waals surface area contributed by atoms with Gasteiger partial charge in [0, 0.05) is 26.0 Å². The van der Waals surface area contributed by atoms with Crippen molar-refractivity contribution in [2.45, 2.75) is 26.3 Å². The van der Waals surface area contributed by atoms with Crippen LogP contribution in [0.25, 0.3) is 0 Å². The molecule has 104 valence electrons. The highest BCUT2D eigenvalue weighted by Gasteiger charge is 2.14. The van der Waals surface area contributed by atoms with E-state index >= 15 is 0 Å². The Hall–Kier alpha value is -2.55. The monoisotopic (exact) mass is 272 g/mol. The summed E-state index contributed by atoms with van der Waals surface area (Å²) in [5, 5.41) is 17.2. The minimum absolute atomic E-state index is 0.00232. The van der Waals surface area contributed by atoms with Crippen LogP contribution in [0.5, 0.6) is 0 Å². The Bertz CT molecular complexity index is 673. The zero-order chi connectivity index (χ0) is 14.5. The SMILES string of the molecule is CCCCn1cc(C#Cc2cnn(C)c2)c(C(=O)O)n1. The number of aromatic nitrogens is 4. The summed E-state index contributed by atoms with van der Waals surface area (Å²) in [6.45, 7) is 2.77. The molecular formula is C14H16N4O2. The molecule has 2 rings (SSSR count). The summed E-state index contributed by atoms with van der Waals surface area (Å²) in [6, 6.07) is 0. The topological polar surface area (TPSA) is 72.9 Å². The van der Waals surface area contributed by atoms with Crippen molar-refractivity contribution in [3.63, 3.8) is 0 Å². The summed E-state index contributed by atoms with van der Waals surface area (Å²) in [7, 11) is 1.80. The second-order valence-electron chi connectivity index (χ2n) is 4.47. The number of aryl methyl sites for hydroxylation is 2. The lowest BCUT2D eigenvalue weighted by Crippen LogP contribution is -2.03. The number of hydrogen-bond donors (Lipinski definition) is 1. The quantitative estimate of drug-likeness (QED) is 0.856. The van der Waals surface area contributed by atoms with Crippen LogP contribution in [0.15, 0.2) is 18.6 Å². The van der Waals surface area contributed by atoms with Gasteiger partial charge in [-0.2, -0.15) is 10.2 Å². The largest absolute Gasteiger partial charge is 0.476 e. The van der Waals surface area contributed by atoms with E-state index in [1.807, 2.05) is 0 Å². The highest BCUT2D eigenvalue weighted by atomic mass is 16.4. The Morgan fingerprint density at radius 3 is 2.80 bits per heavy atom. The van der Waals surface area contributed by atoms with Crippen LogP contribution in [-0.4, -0.2) is 30.6 Å². The van der Waals surface area contributed by atoms with Crippen molar-refractivity contribution in [2.24, 2.45) is 7.05 Å². The van der Waals surface area contributed by atoms with Gasteiger partial charge in [0.15, 0.2) is 5.69 Å². The molecule has 0 aliphatic carbocycles. The van der Waals surface area contributed by atoms with Crippen molar-refractivity contribution in [1.82, 2.24) is 19.6 Å². The first kappa shape index (κ1) is 13.9. The third-order valence-electron chi connectivity index (χ3n) is 2.75. The summed E-state index contributed by atoms with van der Waals surface area (Å²) >= 11 is 0. The second kappa shape index (κ2) is 6.06. The molecule has 6 heteroatoms. The van der Waals surface area contributed by atoms with E-state index in [4.69, 9.17) is 5.11 Å². The number of carboxylic acids is 1. The predicted octanol–water partition coefficient (Wildman–Crippen LogP) is 1.51. The van der Waals surface area contributed by atoms with Gasteiger partial charge < -0.3 is 5.11 Å². The Balaban J connectivity index is 2.28. The summed E-state index contributed by atoms with van der Waals surface area (Å²) in [6.07, 6.45) is 7.07. The van der Waals surface area contributed by atoms with Crippen LogP contribution < -0.4 is 0 Å². The Kier molecular flexibility index (Phi) is 4.20. The van der Waals surface area contributed by atoms with Crippen molar-refractivity contribution in [1.29, 1.82) is 0 Å². The molecule has 0 aliphatic heterocycles. The third kappa shape index (κ3) is 3.26. The summed E-state index contributed by atoms with van der Waals surface area (Å²) in [5.41, 5.74) is 1.17. The molecule has 0 aliphatic rings. The number of carboxylic acid groups (broad SMARTS) is 1. The standard InChI is InChI=1S/C14H16N4O2/c1-3-4-7-18-10-12(13(16-18)14(19)20)6-5-11-8-15-17(2)9-11/h8-10H,3-4,7H2,1-2H3,(H,19,20). The van der Waals surface area contributed by atoms with E-state index in [1.54, 1.807) is 35.0 Å². The highest BCUT2D eigenvalue weighted by molar-refractivity contribution is 5.88. The summed E-state index contributed by atoms with van der Waals surface area (Å²) in [4.78, 5) is 11.2. The van der Waals surface area contributed by atoms with Gasteiger partial charge in [-0.05, 0) is 6.42 Å². The molecule has 0 amide bonds. The van der Waals surface area contributed by atoms with Crippen LogP contribution in [0.4, 0.5) is 0 Å². The van der Waals surface area contributed by atoms with E-state index in [0.29, 0.717) is 12.1 Å². The molecule has 0 fully saturated rings. The van der Waals surface area contributed by atoms with Gasteiger partial charge in [-0.1, -0.05) is 25.2 Å². The van der Waals surface area contributed by atoms with E-state index in [-0.39, 0.29) is 5.69 Å². The van der Waals surface area contributed by atoms with Crippen molar-refractivity contribution in [2.75, 3.05) is 0 Å². The molecule has 0 atom stereocenters. The number of hydrogen-bond acceptors (Lipinski definition) is 3. The molecule has 0 saturated heterocycles. The normalized spacial score (nSPS) is 10.1. The molecule has 0 aromatic carbocycles. The first-order chi connectivity index (χ1) is 9.60. The average molecular weight is 272 g/mol. The predicted molar refractivity (Wildman–Crippen MR) is 73.3 cm³/mol. The van der Waals surface area contributed by atoms with Gasteiger partial charge in [0.25, 0.3) is 0 Å². The molecule has 20 heavy (non-hydrogen) atoms. The number of unbranched alkanes of at least 4 members (excludes halogenated alkanes) is 1. The molecule has 2 aromatic heterocycles. The van der Waals surface area contributed by atoms with Crippen LogP contribution in [0.1, 0.15) is 41.4 Å². The van der Waals surface area contributed by atoms with E-state index in [1.165, 1.54) is 0 Å². The van der Waals surface area contributed by atoms with Crippen LogP contribution >= 0.6 is 0 Å². The van der Waals surface area contributed by atoms with Gasteiger partial charge in [-0.15, -0.1) is 0 Å². The van der Waals surface area contributed by atoms with Crippen LogP contribution in [0, 0.1) is 11.8 Å². The van der Waals surface area contributed by atoms with Crippen LogP contribution in [0.2, 0.25) is 0 Å². The smallest absolute Gasteiger partial charge is 0.357 e. The lowest BCUT2D eigenvalue weighted by Gasteiger charge is -1.96. The van der Waals surface area contributed by atoms with E-state index < -0.39 is 5.97 Å². The average Bonchev–Trinajstić information content (AvgIpc) is 3.00. The maximum Gasteiger partial charge on any atom is 0.357 e. The van der Waals surface area contributed by atoms with E-state index in [2.05, 4.69) is 29.0 Å². The van der Waals surface area contributed by atoms with Gasteiger partial charge in [0.05, 0.1) is 17.3 Å². The van der Waals surface area contributed by atoms with Crippen molar-refractivity contribution in [3.05, 3.63) is 35.4 Å². The van der Waals surface area contributed by atoms with Gasteiger partial charge >= 0.3 is 5.97 Å². The van der Waals surface area contributed by atoms with Gasteiger partial charge in [-0.3, -0.25) is 9.36 Å². The first-order valence-corrected chi connectivity index (χ1v) is 6.41. The zero-order valence-corrected chi connectivity index (χ0v) is 11.5. The molecule has 0 unspecified atom stereocenters. The van der Waals surface area contributed by atoms with Crippen LogP contribution in [0.3, 0.4) is 0 Å². The van der Waals surface area contributed by atoms with Crippen molar-refractivity contribution < 1.29 is 9.90 Å². The van der Waals surface area contributed by atoms with Gasteiger partial charge in [-0.25, -0.2) is 4.79 Å². The second-order valence-corrected chi connectivity index (χ2v) is 4.47. The van der Waals surface area contributed by atoms with Crippen molar-refractivity contribution >= 4 is 5.97 Å². The molecule has 2 aromatic rings. The highest BCUT2D eigenvalue weighted by Crippen LogP contribution is 2.07.